The van der Waals surface area contributed by atoms with E-state index in [0.717, 1.165) is 19.3 Å². The zero-order valence-corrected chi connectivity index (χ0v) is 15.7. The molecule has 0 saturated carbocycles. The maximum Gasteiger partial charge on any atom is 0.108 e. The molecule has 0 rings (SSSR count). The van der Waals surface area contributed by atoms with Gasteiger partial charge in [-0.05, 0) is 19.3 Å². The van der Waals surface area contributed by atoms with Crippen molar-refractivity contribution < 1.29 is 5.11 Å². The van der Waals surface area contributed by atoms with Gasteiger partial charge in [-0.1, -0.05) is 97.8 Å². The molecule has 1 unspecified atom stereocenters. The van der Waals surface area contributed by atoms with Crippen molar-refractivity contribution in [1.82, 2.24) is 0 Å². The molecule has 134 valence electrons. The van der Waals surface area contributed by atoms with Gasteiger partial charge in [0.2, 0.25) is 0 Å². The number of hydrogen-bond acceptors (Lipinski definition) is 2. The molecular formula is C20H43NO. The average Bonchev–Trinajstić information content (AvgIpc) is 2.52. The second kappa shape index (κ2) is 14.5. The summed E-state index contributed by atoms with van der Waals surface area (Å²) in [6.07, 6.45) is 18.9. The van der Waals surface area contributed by atoms with Gasteiger partial charge < -0.3 is 10.8 Å². The first kappa shape index (κ1) is 21.9. The Morgan fingerprint density at radius 2 is 1.05 bits per heavy atom. The topological polar surface area (TPSA) is 46.2 Å². The highest BCUT2D eigenvalue weighted by Crippen LogP contribution is 2.34. The molecule has 0 fully saturated rings. The summed E-state index contributed by atoms with van der Waals surface area (Å²) in [7, 11) is 0. The van der Waals surface area contributed by atoms with E-state index in [4.69, 9.17) is 5.73 Å². The van der Waals surface area contributed by atoms with Gasteiger partial charge in [-0.2, -0.15) is 0 Å². The van der Waals surface area contributed by atoms with E-state index in [1.165, 1.54) is 77.0 Å². The predicted molar refractivity (Wildman–Crippen MR) is 98.9 cm³/mol. The van der Waals surface area contributed by atoms with E-state index in [1.54, 1.807) is 0 Å². The Bertz CT molecular complexity index is 224. The SMILES string of the molecule is CCCCCCCCCCCCCCC(CC)(CC)C(N)O. The van der Waals surface area contributed by atoms with Crippen LogP contribution in [0.15, 0.2) is 0 Å². The van der Waals surface area contributed by atoms with Gasteiger partial charge in [0.05, 0.1) is 0 Å². The van der Waals surface area contributed by atoms with Crippen molar-refractivity contribution in [2.24, 2.45) is 11.1 Å². The van der Waals surface area contributed by atoms with E-state index >= 15 is 0 Å². The highest BCUT2D eigenvalue weighted by atomic mass is 16.3. The molecule has 0 radical (unpaired) electrons. The molecule has 0 aromatic heterocycles. The van der Waals surface area contributed by atoms with Crippen LogP contribution in [-0.4, -0.2) is 11.3 Å². The largest absolute Gasteiger partial charge is 0.378 e. The lowest BCUT2D eigenvalue weighted by atomic mass is 9.76. The fourth-order valence-electron chi connectivity index (χ4n) is 3.49. The van der Waals surface area contributed by atoms with Crippen LogP contribution in [0.2, 0.25) is 0 Å². The van der Waals surface area contributed by atoms with Gasteiger partial charge >= 0.3 is 0 Å². The van der Waals surface area contributed by atoms with E-state index in [2.05, 4.69) is 20.8 Å². The summed E-state index contributed by atoms with van der Waals surface area (Å²) < 4.78 is 0. The average molecular weight is 314 g/mol. The summed E-state index contributed by atoms with van der Waals surface area (Å²) in [5.74, 6) is 0. The minimum Gasteiger partial charge on any atom is -0.378 e. The molecule has 0 heterocycles. The standard InChI is InChI=1S/C20H43NO/c1-4-7-8-9-10-11-12-13-14-15-16-17-18-20(5-2,6-3)19(21)22/h19,22H,4-18,21H2,1-3H3. The number of nitrogens with two attached hydrogens (primary N) is 1. The van der Waals surface area contributed by atoms with Gasteiger partial charge in [0.1, 0.15) is 6.23 Å². The molecule has 0 saturated heterocycles. The Morgan fingerprint density at radius 1 is 0.682 bits per heavy atom. The number of unbranched alkanes of at least 4 members (excludes halogenated alkanes) is 11. The van der Waals surface area contributed by atoms with Crippen molar-refractivity contribution in [2.45, 2.75) is 123 Å². The van der Waals surface area contributed by atoms with Gasteiger partial charge in [0.15, 0.2) is 0 Å². The van der Waals surface area contributed by atoms with E-state index in [9.17, 15) is 5.11 Å². The highest BCUT2D eigenvalue weighted by Gasteiger charge is 2.31. The summed E-state index contributed by atoms with van der Waals surface area (Å²) in [5, 5.41) is 9.82. The van der Waals surface area contributed by atoms with Gasteiger partial charge in [-0.25, -0.2) is 0 Å². The van der Waals surface area contributed by atoms with Crippen molar-refractivity contribution in [3.63, 3.8) is 0 Å². The maximum absolute atomic E-state index is 9.82. The molecule has 0 spiro atoms. The number of rotatable bonds is 16. The monoisotopic (exact) mass is 313 g/mol. The second-order valence-electron chi connectivity index (χ2n) is 7.15. The third kappa shape index (κ3) is 9.84. The first-order valence-corrected chi connectivity index (χ1v) is 10.1. The molecule has 0 aliphatic rings. The molecule has 3 N–H and O–H groups in total. The van der Waals surface area contributed by atoms with E-state index in [1.807, 2.05) is 0 Å². The summed E-state index contributed by atoms with van der Waals surface area (Å²) in [4.78, 5) is 0. The molecule has 22 heavy (non-hydrogen) atoms. The Kier molecular flexibility index (Phi) is 14.5. The van der Waals surface area contributed by atoms with Crippen LogP contribution in [0.25, 0.3) is 0 Å². The molecule has 0 aliphatic heterocycles. The van der Waals surface area contributed by atoms with Crippen LogP contribution < -0.4 is 5.73 Å². The first-order valence-electron chi connectivity index (χ1n) is 10.1. The molecule has 0 aromatic carbocycles. The van der Waals surface area contributed by atoms with Crippen LogP contribution in [0.4, 0.5) is 0 Å². The normalized spacial score (nSPS) is 13.5. The van der Waals surface area contributed by atoms with E-state index in [-0.39, 0.29) is 5.41 Å². The fraction of sp³-hybridized carbons (Fsp3) is 1.00. The van der Waals surface area contributed by atoms with Crippen LogP contribution in [0.5, 0.6) is 0 Å². The van der Waals surface area contributed by atoms with Gasteiger partial charge in [-0.3, -0.25) is 0 Å². The van der Waals surface area contributed by atoms with E-state index in [0.29, 0.717) is 0 Å². The summed E-state index contributed by atoms with van der Waals surface area (Å²) in [6.45, 7) is 6.58. The highest BCUT2D eigenvalue weighted by molar-refractivity contribution is 4.80. The fourth-order valence-corrected chi connectivity index (χ4v) is 3.49. The molecule has 0 aliphatic carbocycles. The Balaban J connectivity index is 3.43. The van der Waals surface area contributed by atoms with Gasteiger partial charge in [0, 0.05) is 5.41 Å². The maximum atomic E-state index is 9.82. The number of aliphatic hydroxyl groups is 1. The van der Waals surface area contributed by atoms with Crippen LogP contribution in [-0.2, 0) is 0 Å². The van der Waals surface area contributed by atoms with Crippen molar-refractivity contribution in [3.05, 3.63) is 0 Å². The van der Waals surface area contributed by atoms with Gasteiger partial charge in [-0.15, -0.1) is 0 Å². The van der Waals surface area contributed by atoms with Crippen molar-refractivity contribution in [3.8, 4) is 0 Å². The van der Waals surface area contributed by atoms with Crippen molar-refractivity contribution >= 4 is 0 Å². The zero-order valence-electron chi connectivity index (χ0n) is 15.7. The predicted octanol–water partition coefficient (Wildman–Crippen LogP) is 6.16. The first-order chi connectivity index (χ1) is 10.6. The summed E-state index contributed by atoms with van der Waals surface area (Å²) >= 11 is 0. The number of hydrogen-bond donors (Lipinski definition) is 2. The molecule has 2 heteroatoms. The molecule has 0 amide bonds. The Labute approximate surface area is 140 Å². The summed E-state index contributed by atoms with van der Waals surface area (Å²) in [6, 6.07) is 0. The second-order valence-corrected chi connectivity index (χ2v) is 7.15. The smallest absolute Gasteiger partial charge is 0.108 e. The third-order valence-corrected chi connectivity index (χ3v) is 5.56. The molecule has 1 atom stereocenters. The molecule has 2 nitrogen and oxygen atoms in total. The molecular weight excluding hydrogens is 270 g/mol. The quantitative estimate of drug-likeness (QED) is 0.265. The van der Waals surface area contributed by atoms with Crippen molar-refractivity contribution in [1.29, 1.82) is 0 Å². The third-order valence-electron chi connectivity index (χ3n) is 5.56. The minimum absolute atomic E-state index is 0.0432. The lowest BCUT2D eigenvalue weighted by Crippen LogP contribution is -2.40. The minimum atomic E-state index is -0.657. The van der Waals surface area contributed by atoms with Crippen molar-refractivity contribution in [2.75, 3.05) is 0 Å². The molecule has 0 aromatic rings. The lowest BCUT2D eigenvalue weighted by Gasteiger charge is -2.34. The van der Waals surface area contributed by atoms with Crippen LogP contribution in [0, 0.1) is 5.41 Å². The van der Waals surface area contributed by atoms with Crippen LogP contribution >= 0.6 is 0 Å². The van der Waals surface area contributed by atoms with Gasteiger partial charge in [0.25, 0.3) is 0 Å². The lowest BCUT2D eigenvalue weighted by molar-refractivity contribution is 0.0135. The van der Waals surface area contributed by atoms with Crippen LogP contribution in [0.1, 0.15) is 117 Å². The Hall–Kier alpha value is -0.0800. The zero-order chi connectivity index (χ0) is 16.7. The molecule has 0 bridgehead atoms. The Morgan fingerprint density at radius 3 is 1.36 bits per heavy atom. The summed E-state index contributed by atoms with van der Waals surface area (Å²) in [5.41, 5.74) is 5.74. The van der Waals surface area contributed by atoms with Crippen LogP contribution in [0.3, 0.4) is 0 Å². The number of aliphatic hydroxyl groups excluding tert-OH is 1. The van der Waals surface area contributed by atoms with E-state index < -0.39 is 6.23 Å².